The van der Waals surface area contributed by atoms with Crippen molar-refractivity contribution in [1.82, 2.24) is 0 Å². The number of ketones is 1. The molecule has 0 N–H and O–H groups in total. The van der Waals surface area contributed by atoms with Crippen molar-refractivity contribution in [3.63, 3.8) is 0 Å². The molecule has 1 saturated heterocycles. The van der Waals surface area contributed by atoms with Crippen LogP contribution < -0.4 is 9.47 Å². The molecule has 0 amide bonds. The molecule has 3 aliphatic rings. The van der Waals surface area contributed by atoms with E-state index < -0.39 is 0 Å². The molecule has 5 nitrogen and oxygen atoms in total. The first-order valence-electron chi connectivity index (χ1n) is 8.68. The van der Waals surface area contributed by atoms with Crippen LogP contribution in [0.25, 0.3) is 0 Å². The standard InChI is InChI=1S/C20H22O5/c1-4-7-20-10-17(22-3)14(21)9-18(20)25-19(12(20)2)13-5-6-15-16(8-13)24-11-23-15/h5-6,8-10,12,19H,4,7,11H2,1-3H3. The first-order chi connectivity index (χ1) is 12.1. The Hall–Kier alpha value is -2.43. The highest BCUT2D eigenvalue weighted by Crippen LogP contribution is 2.58. The lowest BCUT2D eigenvalue weighted by molar-refractivity contribution is -0.114. The number of methoxy groups -OCH3 is 1. The van der Waals surface area contributed by atoms with E-state index in [4.69, 9.17) is 18.9 Å². The summed E-state index contributed by atoms with van der Waals surface area (Å²) in [6.45, 7) is 4.56. The van der Waals surface area contributed by atoms with Crippen LogP contribution in [0.15, 0.2) is 41.9 Å². The first kappa shape index (κ1) is 16.1. The van der Waals surface area contributed by atoms with Gasteiger partial charge >= 0.3 is 0 Å². The van der Waals surface area contributed by atoms with Crippen LogP contribution in [0.2, 0.25) is 0 Å². The third-order valence-corrected chi connectivity index (χ3v) is 5.48. The molecule has 1 aromatic rings. The summed E-state index contributed by atoms with van der Waals surface area (Å²) in [4.78, 5) is 12.2. The minimum Gasteiger partial charge on any atom is -0.493 e. The van der Waals surface area contributed by atoms with Gasteiger partial charge in [-0.3, -0.25) is 4.79 Å². The van der Waals surface area contributed by atoms with Crippen molar-refractivity contribution >= 4 is 5.78 Å². The van der Waals surface area contributed by atoms with Gasteiger partial charge < -0.3 is 18.9 Å². The van der Waals surface area contributed by atoms with E-state index in [-0.39, 0.29) is 30.0 Å². The summed E-state index contributed by atoms with van der Waals surface area (Å²) in [7, 11) is 1.54. The van der Waals surface area contributed by atoms with E-state index in [0.29, 0.717) is 5.76 Å². The van der Waals surface area contributed by atoms with Crippen LogP contribution in [0.5, 0.6) is 11.5 Å². The second-order valence-electron chi connectivity index (χ2n) is 6.82. The van der Waals surface area contributed by atoms with Crippen molar-refractivity contribution in [2.75, 3.05) is 13.9 Å². The van der Waals surface area contributed by atoms with E-state index in [1.54, 1.807) is 6.08 Å². The molecule has 25 heavy (non-hydrogen) atoms. The normalized spacial score (nSPS) is 29.6. The third kappa shape index (κ3) is 2.33. The van der Waals surface area contributed by atoms with Gasteiger partial charge in [0.2, 0.25) is 12.6 Å². The minimum absolute atomic E-state index is 0.136. The summed E-state index contributed by atoms with van der Waals surface area (Å²) in [5.74, 6) is 2.67. The number of allylic oxidation sites excluding steroid dienone is 2. The van der Waals surface area contributed by atoms with Crippen molar-refractivity contribution in [3.8, 4) is 11.5 Å². The Balaban J connectivity index is 1.75. The molecule has 132 valence electrons. The molecule has 3 atom stereocenters. The third-order valence-electron chi connectivity index (χ3n) is 5.48. The largest absolute Gasteiger partial charge is 0.493 e. The molecule has 4 rings (SSSR count). The van der Waals surface area contributed by atoms with Crippen molar-refractivity contribution < 1.29 is 23.7 Å². The predicted octanol–water partition coefficient (Wildman–Crippen LogP) is 3.91. The van der Waals surface area contributed by atoms with Crippen LogP contribution in [-0.2, 0) is 14.3 Å². The van der Waals surface area contributed by atoms with E-state index in [0.717, 1.165) is 35.7 Å². The Morgan fingerprint density at radius 1 is 1.28 bits per heavy atom. The Labute approximate surface area is 147 Å². The summed E-state index contributed by atoms with van der Waals surface area (Å²) >= 11 is 0. The molecule has 1 aromatic carbocycles. The second-order valence-corrected chi connectivity index (χ2v) is 6.82. The number of rotatable bonds is 4. The lowest BCUT2D eigenvalue weighted by Gasteiger charge is -2.32. The molecule has 2 aliphatic heterocycles. The predicted molar refractivity (Wildman–Crippen MR) is 91.1 cm³/mol. The van der Waals surface area contributed by atoms with E-state index in [2.05, 4.69) is 13.8 Å². The van der Waals surface area contributed by atoms with Gasteiger partial charge in [0.05, 0.1) is 12.5 Å². The molecule has 0 radical (unpaired) electrons. The fraction of sp³-hybridized carbons (Fsp3) is 0.450. The molecule has 0 bridgehead atoms. The average molecular weight is 342 g/mol. The fourth-order valence-electron chi connectivity index (χ4n) is 4.15. The van der Waals surface area contributed by atoms with Crippen LogP contribution in [0, 0.1) is 11.3 Å². The van der Waals surface area contributed by atoms with Crippen LogP contribution in [0.3, 0.4) is 0 Å². The smallest absolute Gasteiger partial charge is 0.231 e. The van der Waals surface area contributed by atoms with Crippen molar-refractivity contribution in [2.45, 2.75) is 32.8 Å². The Morgan fingerprint density at radius 2 is 2.08 bits per heavy atom. The number of ether oxygens (including phenoxy) is 4. The average Bonchev–Trinajstić information content (AvgIpc) is 3.18. The van der Waals surface area contributed by atoms with E-state index in [1.165, 1.54) is 7.11 Å². The van der Waals surface area contributed by atoms with Crippen molar-refractivity contribution in [2.24, 2.45) is 11.3 Å². The summed E-state index contributed by atoms with van der Waals surface area (Å²) in [5, 5.41) is 0. The lowest BCUT2D eigenvalue weighted by Crippen LogP contribution is -2.29. The van der Waals surface area contributed by atoms with Gasteiger partial charge in [0.1, 0.15) is 11.9 Å². The van der Waals surface area contributed by atoms with Crippen LogP contribution >= 0.6 is 0 Å². The number of hydrogen-bond donors (Lipinski definition) is 0. The van der Waals surface area contributed by atoms with Crippen LogP contribution in [-0.4, -0.2) is 19.7 Å². The van der Waals surface area contributed by atoms with E-state index in [1.807, 2.05) is 24.3 Å². The molecular formula is C20H22O5. The maximum Gasteiger partial charge on any atom is 0.231 e. The maximum absolute atomic E-state index is 12.2. The highest BCUT2D eigenvalue weighted by Gasteiger charge is 2.53. The molecule has 0 saturated carbocycles. The van der Waals surface area contributed by atoms with Gasteiger partial charge in [0, 0.05) is 12.0 Å². The molecular weight excluding hydrogens is 320 g/mol. The molecule has 1 fully saturated rings. The zero-order valence-corrected chi connectivity index (χ0v) is 14.7. The highest BCUT2D eigenvalue weighted by atomic mass is 16.7. The number of carbonyl (C=O) groups is 1. The van der Waals surface area contributed by atoms with Crippen molar-refractivity contribution in [1.29, 1.82) is 0 Å². The maximum atomic E-state index is 12.2. The minimum atomic E-state index is -0.310. The molecule has 2 heterocycles. The number of fused-ring (bicyclic) bond motifs is 2. The van der Waals surface area contributed by atoms with Crippen molar-refractivity contribution in [3.05, 3.63) is 47.4 Å². The number of benzene rings is 1. The van der Waals surface area contributed by atoms with Gasteiger partial charge in [-0.2, -0.15) is 0 Å². The molecule has 3 unspecified atom stereocenters. The first-order valence-corrected chi connectivity index (χ1v) is 8.68. The summed E-state index contributed by atoms with van der Waals surface area (Å²) < 4.78 is 22.5. The van der Waals surface area contributed by atoms with Crippen LogP contribution in [0.1, 0.15) is 38.4 Å². The number of carbonyl (C=O) groups excluding carboxylic acids is 1. The Morgan fingerprint density at radius 3 is 2.84 bits per heavy atom. The topological polar surface area (TPSA) is 54.0 Å². The Kier molecular flexibility index (Phi) is 3.74. The summed E-state index contributed by atoms with van der Waals surface area (Å²) in [6.07, 6.45) is 5.30. The van der Waals surface area contributed by atoms with Gasteiger partial charge in [-0.1, -0.05) is 26.3 Å². The van der Waals surface area contributed by atoms with Gasteiger partial charge in [0.15, 0.2) is 17.3 Å². The Bertz CT molecular complexity index is 778. The zero-order chi connectivity index (χ0) is 17.6. The van der Waals surface area contributed by atoms with Gasteiger partial charge in [-0.25, -0.2) is 0 Å². The molecule has 0 spiro atoms. The number of hydrogen-bond acceptors (Lipinski definition) is 5. The van der Waals surface area contributed by atoms with Gasteiger partial charge in [-0.15, -0.1) is 0 Å². The summed E-state index contributed by atoms with van der Waals surface area (Å²) in [6, 6.07) is 5.90. The van der Waals surface area contributed by atoms with Crippen LogP contribution in [0.4, 0.5) is 0 Å². The van der Waals surface area contributed by atoms with Gasteiger partial charge in [-0.05, 0) is 30.2 Å². The van der Waals surface area contributed by atoms with Gasteiger partial charge in [0.25, 0.3) is 0 Å². The second kappa shape index (κ2) is 5.83. The SMILES string of the molecule is CCCC12C=C(OC)C(=O)C=C1OC(c1ccc3c(c1)OCO3)C2C. The highest BCUT2D eigenvalue weighted by molar-refractivity contribution is 6.04. The molecule has 5 heteroatoms. The fourth-order valence-corrected chi connectivity index (χ4v) is 4.15. The quantitative estimate of drug-likeness (QED) is 0.830. The van der Waals surface area contributed by atoms with E-state index >= 15 is 0 Å². The molecule has 0 aromatic heterocycles. The monoisotopic (exact) mass is 342 g/mol. The summed E-state index contributed by atoms with van der Waals surface area (Å²) in [5.41, 5.74) is 0.719. The lowest BCUT2D eigenvalue weighted by atomic mass is 9.68. The zero-order valence-electron chi connectivity index (χ0n) is 14.7. The van der Waals surface area contributed by atoms with E-state index in [9.17, 15) is 4.79 Å². The molecule has 1 aliphatic carbocycles.